The molecule has 0 aliphatic carbocycles. The predicted octanol–water partition coefficient (Wildman–Crippen LogP) is 1.85. The van der Waals surface area contributed by atoms with Crippen molar-refractivity contribution < 1.29 is 10.2 Å². The third-order valence-electron chi connectivity index (χ3n) is 2.72. The van der Waals surface area contributed by atoms with Crippen molar-refractivity contribution in [3.05, 3.63) is 24.3 Å². The Labute approximate surface area is 93.9 Å². The summed E-state index contributed by atoms with van der Waals surface area (Å²) in [6.07, 6.45) is 0.626. The van der Waals surface area contributed by atoms with Gasteiger partial charge in [0, 0.05) is 17.5 Å². The molecule has 15 heavy (non-hydrogen) atoms. The molecule has 0 saturated carbocycles. The Kier molecular flexibility index (Phi) is 3.19. The Hall–Kier alpha value is -0.710. The van der Waals surface area contributed by atoms with Gasteiger partial charge in [-0.05, 0) is 49.6 Å². The number of aromatic hydroxyl groups is 1. The van der Waals surface area contributed by atoms with Crippen molar-refractivity contribution in [1.82, 2.24) is 4.31 Å². The van der Waals surface area contributed by atoms with Crippen LogP contribution in [0.4, 0.5) is 0 Å². The lowest BCUT2D eigenvalue weighted by molar-refractivity contribution is 0.153. The standard InChI is InChI=1S/C11H15NO2S/c1-8-11(14)6-7-12(8)15-10-4-2-9(13)3-5-10/h2-5,8,11,13-14H,6-7H2,1H3/t8-,11-/m0/s1. The van der Waals surface area contributed by atoms with E-state index in [1.807, 2.05) is 19.1 Å². The van der Waals surface area contributed by atoms with E-state index in [4.69, 9.17) is 5.11 Å². The van der Waals surface area contributed by atoms with E-state index < -0.39 is 0 Å². The molecule has 1 fully saturated rings. The van der Waals surface area contributed by atoms with Crippen molar-refractivity contribution in [1.29, 1.82) is 0 Å². The summed E-state index contributed by atoms with van der Waals surface area (Å²) in [5.74, 6) is 0.286. The molecule has 1 aliphatic rings. The smallest absolute Gasteiger partial charge is 0.115 e. The highest BCUT2D eigenvalue weighted by Gasteiger charge is 2.29. The van der Waals surface area contributed by atoms with Gasteiger partial charge in [0.25, 0.3) is 0 Å². The van der Waals surface area contributed by atoms with Crippen LogP contribution in [0.5, 0.6) is 5.75 Å². The fourth-order valence-corrected chi connectivity index (χ4v) is 2.70. The van der Waals surface area contributed by atoms with Gasteiger partial charge in [0.05, 0.1) is 6.10 Å². The monoisotopic (exact) mass is 225 g/mol. The Morgan fingerprint density at radius 2 is 2.00 bits per heavy atom. The molecule has 2 rings (SSSR count). The van der Waals surface area contributed by atoms with Gasteiger partial charge in [0.2, 0.25) is 0 Å². The van der Waals surface area contributed by atoms with Gasteiger partial charge in [-0.15, -0.1) is 0 Å². The molecule has 1 aromatic rings. The number of aliphatic hydroxyl groups excluding tert-OH is 1. The second-order valence-corrected chi connectivity index (χ2v) is 4.95. The lowest BCUT2D eigenvalue weighted by Gasteiger charge is -2.20. The van der Waals surface area contributed by atoms with Gasteiger partial charge in [0.1, 0.15) is 5.75 Å². The SMILES string of the molecule is C[C@H]1[C@@H](O)CCN1Sc1ccc(O)cc1. The number of nitrogens with zero attached hydrogens (tertiary/aromatic N) is 1. The fourth-order valence-electron chi connectivity index (χ4n) is 1.67. The van der Waals surface area contributed by atoms with E-state index in [2.05, 4.69) is 4.31 Å². The van der Waals surface area contributed by atoms with Crippen LogP contribution >= 0.6 is 11.9 Å². The lowest BCUT2D eigenvalue weighted by Crippen LogP contribution is -2.26. The normalized spacial score (nSPS) is 27.1. The first-order chi connectivity index (χ1) is 7.16. The molecular formula is C11H15NO2S. The molecule has 1 heterocycles. The summed E-state index contributed by atoms with van der Waals surface area (Å²) in [5.41, 5.74) is 0. The second kappa shape index (κ2) is 4.43. The quantitative estimate of drug-likeness (QED) is 0.754. The maximum Gasteiger partial charge on any atom is 0.115 e. The first kappa shape index (κ1) is 10.8. The number of phenolic OH excluding ortho intramolecular Hbond substituents is 1. The number of rotatable bonds is 2. The van der Waals surface area contributed by atoms with E-state index in [9.17, 15) is 5.11 Å². The molecule has 0 spiro atoms. The zero-order chi connectivity index (χ0) is 10.8. The Bertz CT molecular complexity index is 328. The van der Waals surface area contributed by atoms with Crippen LogP contribution in [-0.2, 0) is 0 Å². The van der Waals surface area contributed by atoms with E-state index in [0.717, 1.165) is 17.9 Å². The summed E-state index contributed by atoms with van der Waals surface area (Å²) in [6, 6.07) is 7.33. The van der Waals surface area contributed by atoms with Crippen LogP contribution in [0.2, 0.25) is 0 Å². The molecule has 2 atom stereocenters. The molecule has 3 nitrogen and oxygen atoms in total. The highest BCUT2D eigenvalue weighted by Crippen LogP contribution is 2.31. The van der Waals surface area contributed by atoms with Crippen molar-refractivity contribution in [3.8, 4) is 5.75 Å². The molecule has 0 aromatic heterocycles. The summed E-state index contributed by atoms with van der Waals surface area (Å²) in [5, 5.41) is 18.7. The third-order valence-corrected chi connectivity index (χ3v) is 3.95. The first-order valence-corrected chi connectivity index (χ1v) is 5.86. The molecule has 1 aromatic carbocycles. The van der Waals surface area contributed by atoms with Gasteiger partial charge in [-0.1, -0.05) is 0 Å². The summed E-state index contributed by atoms with van der Waals surface area (Å²) >= 11 is 1.63. The highest BCUT2D eigenvalue weighted by molar-refractivity contribution is 7.97. The van der Waals surface area contributed by atoms with E-state index in [1.54, 1.807) is 24.1 Å². The molecule has 82 valence electrons. The fraction of sp³-hybridized carbons (Fsp3) is 0.455. The van der Waals surface area contributed by atoms with Gasteiger partial charge >= 0.3 is 0 Å². The topological polar surface area (TPSA) is 43.7 Å². The summed E-state index contributed by atoms with van der Waals surface area (Å²) < 4.78 is 2.18. The average Bonchev–Trinajstić information content (AvgIpc) is 2.53. The number of phenols is 1. The summed E-state index contributed by atoms with van der Waals surface area (Å²) in [7, 11) is 0. The minimum absolute atomic E-state index is 0.198. The second-order valence-electron chi connectivity index (χ2n) is 3.82. The van der Waals surface area contributed by atoms with Crippen LogP contribution in [0, 0.1) is 0 Å². The summed E-state index contributed by atoms with van der Waals surface area (Å²) in [6.45, 7) is 2.94. The predicted molar refractivity (Wildman–Crippen MR) is 60.8 cm³/mol. The molecule has 0 unspecified atom stereocenters. The van der Waals surface area contributed by atoms with Crippen LogP contribution in [0.3, 0.4) is 0 Å². The Balaban J connectivity index is 2.00. The third kappa shape index (κ3) is 2.45. The van der Waals surface area contributed by atoms with Crippen molar-refractivity contribution >= 4 is 11.9 Å². The van der Waals surface area contributed by atoms with E-state index in [-0.39, 0.29) is 17.9 Å². The van der Waals surface area contributed by atoms with Crippen molar-refractivity contribution in [2.24, 2.45) is 0 Å². The van der Waals surface area contributed by atoms with Gasteiger partial charge in [-0.2, -0.15) is 0 Å². The molecular weight excluding hydrogens is 210 g/mol. The van der Waals surface area contributed by atoms with Crippen LogP contribution in [0.15, 0.2) is 29.2 Å². The average molecular weight is 225 g/mol. The number of hydrogen-bond donors (Lipinski definition) is 2. The van der Waals surface area contributed by atoms with Gasteiger partial charge in [-0.3, -0.25) is 0 Å². The largest absolute Gasteiger partial charge is 0.508 e. The first-order valence-electron chi connectivity index (χ1n) is 5.08. The Morgan fingerprint density at radius 3 is 2.53 bits per heavy atom. The minimum Gasteiger partial charge on any atom is -0.508 e. The number of aliphatic hydroxyl groups is 1. The van der Waals surface area contributed by atoms with Crippen molar-refractivity contribution in [2.75, 3.05) is 6.54 Å². The molecule has 1 saturated heterocycles. The van der Waals surface area contributed by atoms with Gasteiger partial charge in [-0.25, -0.2) is 4.31 Å². The van der Waals surface area contributed by atoms with Crippen LogP contribution in [0.25, 0.3) is 0 Å². The van der Waals surface area contributed by atoms with Crippen LogP contribution in [-0.4, -0.2) is 33.2 Å². The van der Waals surface area contributed by atoms with Crippen molar-refractivity contribution in [2.45, 2.75) is 30.4 Å². The molecule has 0 amide bonds. The van der Waals surface area contributed by atoms with E-state index >= 15 is 0 Å². The van der Waals surface area contributed by atoms with Crippen LogP contribution in [0.1, 0.15) is 13.3 Å². The van der Waals surface area contributed by atoms with E-state index in [0.29, 0.717) is 0 Å². The van der Waals surface area contributed by atoms with Crippen LogP contribution < -0.4 is 0 Å². The van der Waals surface area contributed by atoms with Gasteiger partial charge in [0.15, 0.2) is 0 Å². The van der Waals surface area contributed by atoms with Gasteiger partial charge < -0.3 is 10.2 Å². The maximum absolute atomic E-state index is 9.60. The Morgan fingerprint density at radius 1 is 1.33 bits per heavy atom. The molecule has 4 heteroatoms. The van der Waals surface area contributed by atoms with E-state index in [1.165, 1.54) is 0 Å². The molecule has 0 bridgehead atoms. The number of benzene rings is 1. The highest BCUT2D eigenvalue weighted by atomic mass is 32.2. The zero-order valence-corrected chi connectivity index (χ0v) is 9.44. The number of hydrogen-bond acceptors (Lipinski definition) is 4. The lowest BCUT2D eigenvalue weighted by atomic mass is 10.2. The summed E-state index contributed by atoms with van der Waals surface area (Å²) in [4.78, 5) is 1.09. The minimum atomic E-state index is -0.213. The molecule has 0 radical (unpaired) electrons. The molecule has 2 N–H and O–H groups in total. The zero-order valence-electron chi connectivity index (χ0n) is 8.63. The molecule has 1 aliphatic heterocycles. The van der Waals surface area contributed by atoms with Crippen molar-refractivity contribution in [3.63, 3.8) is 0 Å². The maximum atomic E-state index is 9.60.